The zero-order chi connectivity index (χ0) is 16.3. The summed E-state index contributed by atoms with van der Waals surface area (Å²) in [6.45, 7) is 0. The molecule has 22 heavy (non-hydrogen) atoms. The van der Waals surface area contributed by atoms with Gasteiger partial charge in [-0.2, -0.15) is 0 Å². The Hall–Kier alpha value is -2.48. The number of nitrogens with one attached hydrogen (secondary N) is 1. The molecule has 2 aromatic rings. The Morgan fingerprint density at radius 3 is 2.36 bits per heavy atom. The monoisotopic (exact) mass is 324 g/mol. The molecule has 8 heteroatoms. The fourth-order valence-corrected chi connectivity index (χ4v) is 2.99. The van der Waals surface area contributed by atoms with E-state index < -0.39 is 16.0 Å². The Morgan fingerprint density at radius 1 is 1.18 bits per heavy atom. The average Bonchev–Trinajstić information content (AvgIpc) is 2.90. The smallest absolute Gasteiger partial charge is 0.354 e. The summed E-state index contributed by atoms with van der Waals surface area (Å²) < 4.78 is 38.1. The molecular formula is C14H16N2O5S. The summed E-state index contributed by atoms with van der Waals surface area (Å²) in [5.41, 5.74) is 0.543. The third-order valence-corrected chi connectivity index (χ3v) is 4.38. The molecule has 7 nitrogen and oxygen atoms in total. The van der Waals surface area contributed by atoms with Crippen LogP contribution in [0.1, 0.15) is 10.5 Å². The van der Waals surface area contributed by atoms with Crippen LogP contribution in [0.5, 0.6) is 5.75 Å². The lowest BCUT2D eigenvalue weighted by molar-refractivity contribution is 0.0590. The third-order valence-electron chi connectivity index (χ3n) is 3.03. The fourth-order valence-electron chi connectivity index (χ4n) is 1.86. The van der Waals surface area contributed by atoms with Crippen molar-refractivity contribution < 1.29 is 22.7 Å². The van der Waals surface area contributed by atoms with E-state index in [0.717, 1.165) is 0 Å². The van der Waals surface area contributed by atoms with Crippen molar-refractivity contribution in [2.24, 2.45) is 7.05 Å². The molecule has 1 aromatic carbocycles. The van der Waals surface area contributed by atoms with Crippen molar-refractivity contribution in [2.75, 3.05) is 18.9 Å². The number of aryl methyl sites for hydroxylation is 1. The summed E-state index contributed by atoms with van der Waals surface area (Å²) in [7, 11) is 0.533. The van der Waals surface area contributed by atoms with Gasteiger partial charge in [-0.25, -0.2) is 13.2 Å². The van der Waals surface area contributed by atoms with Crippen LogP contribution in [0.15, 0.2) is 41.4 Å². The van der Waals surface area contributed by atoms with Crippen LogP contribution in [-0.2, 0) is 21.8 Å². The van der Waals surface area contributed by atoms with Gasteiger partial charge >= 0.3 is 5.97 Å². The molecule has 0 aliphatic heterocycles. The highest BCUT2D eigenvalue weighted by Gasteiger charge is 2.21. The fraction of sp³-hybridized carbons (Fsp3) is 0.214. The van der Waals surface area contributed by atoms with Gasteiger partial charge in [0.1, 0.15) is 16.3 Å². The highest BCUT2D eigenvalue weighted by molar-refractivity contribution is 7.92. The highest BCUT2D eigenvalue weighted by atomic mass is 32.2. The largest absolute Gasteiger partial charge is 0.497 e. The van der Waals surface area contributed by atoms with Crippen LogP contribution < -0.4 is 9.46 Å². The van der Waals surface area contributed by atoms with E-state index in [2.05, 4.69) is 9.46 Å². The van der Waals surface area contributed by atoms with E-state index in [1.165, 1.54) is 31.0 Å². The standard InChI is InChI=1S/C14H16N2O5S/c1-16-9-12(8-13(16)14(17)21-3)22(18,19)15-10-4-6-11(20-2)7-5-10/h4-9,15H,1-3H3. The predicted octanol–water partition coefficient (Wildman–Crippen LogP) is 1.62. The number of aromatic nitrogens is 1. The Kier molecular flexibility index (Phi) is 4.41. The molecule has 2 rings (SSSR count). The van der Waals surface area contributed by atoms with Crippen LogP contribution in [0.2, 0.25) is 0 Å². The first kappa shape index (κ1) is 15.9. The van der Waals surface area contributed by atoms with Gasteiger partial charge in [0, 0.05) is 18.9 Å². The van der Waals surface area contributed by atoms with Crippen LogP contribution in [0.4, 0.5) is 5.69 Å². The molecular weight excluding hydrogens is 308 g/mol. The first-order valence-corrected chi connectivity index (χ1v) is 7.77. The van der Waals surface area contributed by atoms with Gasteiger partial charge < -0.3 is 14.0 Å². The Balaban J connectivity index is 2.28. The number of nitrogens with zero attached hydrogens (tertiary/aromatic N) is 1. The van der Waals surface area contributed by atoms with Gasteiger partial charge in [0.15, 0.2) is 0 Å². The van der Waals surface area contributed by atoms with Crippen LogP contribution >= 0.6 is 0 Å². The SMILES string of the molecule is COC(=O)c1cc(S(=O)(=O)Nc2ccc(OC)cc2)cn1C. The molecule has 0 saturated heterocycles. The van der Waals surface area contributed by atoms with Crippen molar-refractivity contribution in [1.82, 2.24) is 4.57 Å². The molecule has 0 amide bonds. The molecule has 0 radical (unpaired) electrons. The van der Waals surface area contributed by atoms with Gasteiger partial charge in [-0.05, 0) is 30.3 Å². The number of esters is 1. The number of ether oxygens (including phenoxy) is 2. The predicted molar refractivity (Wildman–Crippen MR) is 80.6 cm³/mol. The van der Waals surface area contributed by atoms with E-state index in [0.29, 0.717) is 11.4 Å². The second kappa shape index (κ2) is 6.10. The summed E-state index contributed by atoms with van der Waals surface area (Å²) in [6, 6.07) is 7.71. The molecule has 1 N–H and O–H groups in total. The summed E-state index contributed by atoms with van der Waals surface area (Å²) in [4.78, 5) is 11.5. The number of anilines is 1. The van der Waals surface area contributed by atoms with Crippen molar-refractivity contribution in [3.8, 4) is 5.75 Å². The lowest BCUT2D eigenvalue weighted by Gasteiger charge is -2.07. The zero-order valence-electron chi connectivity index (χ0n) is 12.4. The number of sulfonamides is 1. The van der Waals surface area contributed by atoms with Crippen LogP contribution in [-0.4, -0.2) is 33.2 Å². The number of carbonyl (C=O) groups is 1. The summed E-state index contributed by atoms with van der Waals surface area (Å²) in [6.07, 6.45) is 1.35. The van der Waals surface area contributed by atoms with E-state index in [1.807, 2.05) is 0 Å². The minimum Gasteiger partial charge on any atom is -0.497 e. The summed E-state index contributed by atoms with van der Waals surface area (Å²) in [5, 5.41) is 0. The van der Waals surface area contributed by atoms with E-state index in [9.17, 15) is 13.2 Å². The molecule has 0 atom stereocenters. The molecule has 0 aliphatic carbocycles. The molecule has 1 heterocycles. The maximum atomic E-state index is 12.3. The topological polar surface area (TPSA) is 86.6 Å². The number of hydrogen-bond acceptors (Lipinski definition) is 5. The van der Waals surface area contributed by atoms with Crippen LogP contribution in [0.25, 0.3) is 0 Å². The Bertz CT molecular complexity index is 778. The summed E-state index contributed by atoms with van der Waals surface area (Å²) >= 11 is 0. The zero-order valence-corrected chi connectivity index (χ0v) is 13.2. The number of methoxy groups -OCH3 is 2. The minimum absolute atomic E-state index is 0.0220. The van der Waals surface area contributed by atoms with Gasteiger partial charge in [0.05, 0.1) is 14.2 Å². The maximum Gasteiger partial charge on any atom is 0.354 e. The van der Waals surface area contributed by atoms with E-state index in [1.54, 1.807) is 31.3 Å². The minimum atomic E-state index is -3.80. The van der Waals surface area contributed by atoms with Gasteiger partial charge in [0.25, 0.3) is 10.0 Å². The first-order chi connectivity index (χ1) is 10.4. The number of hydrogen-bond donors (Lipinski definition) is 1. The van der Waals surface area contributed by atoms with Gasteiger partial charge in [0.2, 0.25) is 0 Å². The lowest BCUT2D eigenvalue weighted by Crippen LogP contribution is -2.12. The number of carbonyl (C=O) groups excluding carboxylic acids is 1. The number of benzene rings is 1. The Morgan fingerprint density at radius 2 is 1.82 bits per heavy atom. The second-order valence-corrected chi connectivity index (χ2v) is 6.18. The van der Waals surface area contributed by atoms with Gasteiger partial charge in [-0.1, -0.05) is 0 Å². The Labute approximate surface area is 128 Å². The average molecular weight is 324 g/mol. The molecule has 1 aromatic heterocycles. The van der Waals surface area contributed by atoms with E-state index in [4.69, 9.17) is 4.74 Å². The van der Waals surface area contributed by atoms with Crippen molar-refractivity contribution in [3.05, 3.63) is 42.2 Å². The summed E-state index contributed by atoms with van der Waals surface area (Å²) in [5.74, 6) is 0.0176. The van der Waals surface area contributed by atoms with E-state index in [-0.39, 0.29) is 10.6 Å². The molecule has 0 bridgehead atoms. The quantitative estimate of drug-likeness (QED) is 0.845. The highest BCUT2D eigenvalue weighted by Crippen LogP contribution is 2.20. The lowest BCUT2D eigenvalue weighted by atomic mass is 10.3. The molecule has 0 saturated carbocycles. The first-order valence-electron chi connectivity index (χ1n) is 6.29. The van der Waals surface area contributed by atoms with E-state index >= 15 is 0 Å². The normalized spacial score (nSPS) is 11.0. The van der Waals surface area contributed by atoms with Crippen molar-refractivity contribution in [1.29, 1.82) is 0 Å². The van der Waals surface area contributed by atoms with Gasteiger partial charge in [-0.3, -0.25) is 4.72 Å². The maximum absolute atomic E-state index is 12.3. The van der Waals surface area contributed by atoms with Crippen molar-refractivity contribution in [3.63, 3.8) is 0 Å². The van der Waals surface area contributed by atoms with Crippen LogP contribution in [0.3, 0.4) is 0 Å². The van der Waals surface area contributed by atoms with Gasteiger partial charge in [-0.15, -0.1) is 0 Å². The molecule has 0 spiro atoms. The van der Waals surface area contributed by atoms with Crippen LogP contribution in [0, 0.1) is 0 Å². The van der Waals surface area contributed by atoms with Crippen molar-refractivity contribution in [2.45, 2.75) is 4.90 Å². The number of rotatable bonds is 5. The van der Waals surface area contributed by atoms with Crippen molar-refractivity contribution >= 4 is 21.7 Å². The molecule has 0 aliphatic rings. The molecule has 0 fully saturated rings. The molecule has 118 valence electrons. The molecule has 0 unspecified atom stereocenters. The second-order valence-electron chi connectivity index (χ2n) is 4.50. The third kappa shape index (κ3) is 3.22.